The Bertz CT molecular complexity index is 689. The molecule has 1 amide bonds. The molecule has 142 valence electrons. The maximum atomic E-state index is 12.0. The summed E-state index contributed by atoms with van der Waals surface area (Å²) >= 11 is 0. The number of rotatable bonds is 6. The summed E-state index contributed by atoms with van der Waals surface area (Å²) in [7, 11) is 0. The third-order valence-corrected chi connectivity index (χ3v) is 4.23. The van der Waals surface area contributed by atoms with Gasteiger partial charge in [0.2, 0.25) is 5.76 Å². The number of carbonyl (C=O) groups is 2. The Kier molecular flexibility index (Phi) is 6.19. The number of ether oxygens (including phenoxy) is 1. The largest absolute Gasteiger partial charge is 0.480 e. The topological polar surface area (TPSA) is 162 Å². The van der Waals surface area contributed by atoms with E-state index in [0.29, 0.717) is 11.3 Å². The lowest BCUT2D eigenvalue weighted by Gasteiger charge is -2.36. The fraction of sp³-hybridized carbons (Fsp3) is 0.412. The smallest absolute Gasteiger partial charge is 0.370 e. The number of carbonyl (C=O) groups excluding carboxylic acids is 1. The number of amides is 1. The van der Waals surface area contributed by atoms with Crippen molar-refractivity contribution in [2.24, 2.45) is 5.92 Å². The highest BCUT2D eigenvalue weighted by Crippen LogP contribution is 2.27. The van der Waals surface area contributed by atoms with E-state index < -0.39 is 48.0 Å². The third-order valence-electron chi connectivity index (χ3n) is 4.23. The molecule has 0 radical (unpaired) electrons. The molecular formula is C17H22N2O7. The predicted octanol–water partition coefficient (Wildman–Crippen LogP) is -0.915. The SMILES string of the molecule is C[C@H]1[C@H]([C@H](O)[C@H](O)CNC(=O)c2ccc(N)cc2)OC(C(=O)O)=C[C@@H]1O. The summed E-state index contributed by atoms with van der Waals surface area (Å²) in [5, 5.41) is 41.7. The number of aliphatic hydroxyl groups is 3. The first kappa shape index (κ1) is 19.7. The summed E-state index contributed by atoms with van der Waals surface area (Å²) in [5.74, 6) is -3.02. The highest BCUT2D eigenvalue weighted by atomic mass is 16.5. The number of anilines is 1. The summed E-state index contributed by atoms with van der Waals surface area (Å²) in [5.41, 5.74) is 6.37. The highest BCUT2D eigenvalue weighted by Gasteiger charge is 2.40. The lowest BCUT2D eigenvalue weighted by Crippen LogP contribution is -2.51. The average molecular weight is 366 g/mol. The molecule has 9 nitrogen and oxygen atoms in total. The molecular weight excluding hydrogens is 344 g/mol. The molecule has 1 heterocycles. The number of carboxylic acids is 1. The lowest BCUT2D eigenvalue weighted by atomic mass is 9.89. The van der Waals surface area contributed by atoms with Gasteiger partial charge in [-0.2, -0.15) is 0 Å². The minimum atomic E-state index is -1.52. The maximum absolute atomic E-state index is 12.0. The molecule has 9 heteroatoms. The zero-order valence-corrected chi connectivity index (χ0v) is 14.1. The van der Waals surface area contributed by atoms with E-state index in [1.807, 2.05) is 0 Å². The van der Waals surface area contributed by atoms with Crippen LogP contribution in [0.15, 0.2) is 36.1 Å². The van der Waals surface area contributed by atoms with E-state index >= 15 is 0 Å². The van der Waals surface area contributed by atoms with Crippen molar-refractivity contribution in [2.75, 3.05) is 12.3 Å². The van der Waals surface area contributed by atoms with Gasteiger partial charge in [-0.3, -0.25) is 4.79 Å². The summed E-state index contributed by atoms with van der Waals surface area (Å²) in [6.45, 7) is 1.26. The van der Waals surface area contributed by atoms with Gasteiger partial charge in [0.05, 0.1) is 6.10 Å². The van der Waals surface area contributed by atoms with E-state index in [9.17, 15) is 24.9 Å². The van der Waals surface area contributed by atoms with E-state index in [0.717, 1.165) is 6.08 Å². The summed E-state index contributed by atoms with van der Waals surface area (Å²) in [4.78, 5) is 23.0. The van der Waals surface area contributed by atoms with Crippen molar-refractivity contribution >= 4 is 17.6 Å². The third kappa shape index (κ3) is 4.51. The molecule has 1 aromatic rings. The molecule has 0 unspecified atom stereocenters. The fourth-order valence-electron chi connectivity index (χ4n) is 2.57. The van der Waals surface area contributed by atoms with Gasteiger partial charge in [-0.1, -0.05) is 6.92 Å². The Balaban J connectivity index is 1.97. The first-order chi connectivity index (χ1) is 12.2. The maximum Gasteiger partial charge on any atom is 0.370 e. The van der Waals surface area contributed by atoms with Gasteiger partial charge in [-0.05, 0) is 30.3 Å². The number of benzene rings is 1. The molecule has 7 N–H and O–H groups in total. The molecule has 5 atom stereocenters. The number of nitrogen functional groups attached to an aromatic ring is 1. The molecule has 26 heavy (non-hydrogen) atoms. The summed E-state index contributed by atoms with van der Waals surface area (Å²) in [6, 6.07) is 6.14. The number of hydrogen-bond donors (Lipinski definition) is 6. The van der Waals surface area contributed by atoms with E-state index in [2.05, 4.69) is 5.32 Å². The molecule has 2 rings (SSSR count). The normalized spacial score (nSPS) is 24.8. The molecule has 0 saturated carbocycles. The van der Waals surface area contributed by atoms with Crippen LogP contribution in [-0.4, -0.2) is 63.3 Å². The number of aliphatic carboxylic acids is 1. The number of carboxylic acid groups (broad SMARTS) is 1. The van der Waals surface area contributed by atoms with Crippen molar-refractivity contribution in [3.8, 4) is 0 Å². The Hall–Kier alpha value is -2.62. The van der Waals surface area contributed by atoms with E-state index in [4.69, 9.17) is 15.6 Å². The Labute approximate surface area is 149 Å². The zero-order chi connectivity index (χ0) is 19.4. The summed E-state index contributed by atoms with van der Waals surface area (Å²) < 4.78 is 5.18. The van der Waals surface area contributed by atoms with Gasteiger partial charge >= 0.3 is 5.97 Å². The Morgan fingerprint density at radius 1 is 1.27 bits per heavy atom. The minimum Gasteiger partial charge on any atom is -0.480 e. The van der Waals surface area contributed by atoms with Gasteiger partial charge in [-0.25, -0.2) is 4.79 Å². The van der Waals surface area contributed by atoms with Crippen LogP contribution in [0.25, 0.3) is 0 Å². The van der Waals surface area contributed by atoms with Crippen LogP contribution < -0.4 is 11.1 Å². The monoisotopic (exact) mass is 366 g/mol. The summed E-state index contributed by atoms with van der Waals surface area (Å²) in [6.07, 6.45) is -4.21. The fourth-order valence-corrected chi connectivity index (χ4v) is 2.57. The van der Waals surface area contributed by atoms with Crippen LogP contribution in [-0.2, 0) is 9.53 Å². The molecule has 0 fully saturated rings. The first-order valence-electron chi connectivity index (χ1n) is 8.00. The molecule has 0 aromatic heterocycles. The van der Waals surface area contributed by atoms with Crippen LogP contribution in [0.3, 0.4) is 0 Å². The quantitative estimate of drug-likeness (QED) is 0.352. The van der Waals surface area contributed by atoms with Gasteiger partial charge in [0.15, 0.2) is 0 Å². The molecule has 1 aliphatic rings. The molecule has 0 saturated heterocycles. The van der Waals surface area contributed by atoms with E-state index in [1.54, 1.807) is 19.1 Å². The standard InChI is InChI=1S/C17H22N2O7/c1-8-11(20)6-13(17(24)25)26-15(8)14(22)12(21)7-19-16(23)9-2-4-10(18)5-3-9/h2-6,8,11-12,14-15,20-22H,7,18H2,1H3,(H,19,23)(H,24,25)/t8-,11+,12-,14-,15-/m1/s1. The van der Waals surface area contributed by atoms with Gasteiger partial charge < -0.3 is 36.2 Å². The van der Waals surface area contributed by atoms with Crippen LogP contribution >= 0.6 is 0 Å². The van der Waals surface area contributed by atoms with Crippen molar-refractivity contribution in [3.63, 3.8) is 0 Å². The van der Waals surface area contributed by atoms with Crippen molar-refractivity contribution in [1.82, 2.24) is 5.32 Å². The van der Waals surface area contributed by atoms with Crippen molar-refractivity contribution in [2.45, 2.75) is 31.3 Å². The van der Waals surface area contributed by atoms with Gasteiger partial charge in [-0.15, -0.1) is 0 Å². The molecule has 1 aromatic carbocycles. The predicted molar refractivity (Wildman–Crippen MR) is 91.0 cm³/mol. The zero-order valence-electron chi connectivity index (χ0n) is 14.1. The Morgan fingerprint density at radius 2 is 1.88 bits per heavy atom. The van der Waals surface area contributed by atoms with Crippen molar-refractivity contribution < 1.29 is 34.8 Å². The molecule has 1 aliphatic heterocycles. The van der Waals surface area contributed by atoms with Gasteiger partial charge in [0, 0.05) is 23.7 Å². The first-order valence-corrected chi connectivity index (χ1v) is 8.00. The highest BCUT2D eigenvalue weighted by molar-refractivity contribution is 5.94. The van der Waals surface area contributed by atoms with Crippen LogP contribution in [0.5, 0.6) is 0 Å². The number of nitrogens with two attached hydrogens (primary N) is 1. The Morgan fingerprint density at radius 3 is 2.46 bits per heavy atom. The average Bonchev–Trinajstić information content (AvgIpc) is 2.61. The second kappa shape index (κ2) is 8.17. The molecule has 0 bridgehead atoms. The van der Waals surface area contributed by atoms with Crippen LogP contribution in [0.4, 0.5) is 5.69 Å². The second-order valence-electron chi connectivity index (χ2n) is 6.16. The number of hydrogen-bond acceptors (Lipinski definition) is 7. The lowest BCUT2D eigenvalue weighted by molar-refractivity contribution is -0.149. The number of nitrogens with one attached hydrogen (secondary N) is 1. The van der Waals surface area contributed by atoms with Crippen molar-refractivity contribution in [3.05, 3.63) is 41.7 Å². The molecule has 0 aliphatic carbocycles. The van der Waals surface area contributed by atoms with Gasteiger partial charge in [0.1, 0.15) is 18.3 Å². The minimum absolute atomic E-state index is 0.292. The number of aliphatic hydroxyl groups excluding tert-OH is 3. The van der Waals surface area contributed by atoms with Crippen LogP contribution in [0.2, 0.25) is 0 Å². The van der Waals surface area contributed by atoms with Crippen molar-refractivity contribution in [1.29, 1.82) is 0 Å². The van der Waals surface area contributed by atoms with Crippen LogP contribution in [0.1, 0.15) is 17.3 Å². The second-order valence-corrected chi connectivity index (χ2v) is 6.16. The molecule has 0 spiro atoms. The van der Waals surface area contributed by atoms with E-state index in [-0.39, 0.29) is 6.54 Å². The van der Waals surface area contributed by atoms with E-state index in [1.165, 1.54) is 12.1 Å². The van der Waals surface area contributed by atoms with Crippen LogP contribution in [0, 0.1) is 5.92 Å². The van der Waals surface area contributed by atoms with Gasteiger partial charge in [0.25, 0.3) is 5.91 Å².